The van der Waals surface area contributed by atoms with Crippen LogP contribution in [0.1, 0.15) is 42.1 Å². The molecule has 1 fully saturated rings. The predicted molar refractivity (Wildman–Crippen MR) is 105 cm³/mol. The van der Waals surface area contributed by atoms with Crippen molar-refractivity contribution in [2.75, 3.05) is 16.8 Å². The molecule has 0 spiro atoms. The van der Waals surface area contributed by atoms with E-state index in [2.05, 4.69) is 52.5 Å². The minimum absolute atomic E-state index is 0.445. The molecule has 1 aliphatic carbocycles. The van der Waals surface area contributed by atoms with Crippen molar-refractivity contribution in [3.05, 3.63) is 77.5 Å². The van der Waals surface area contributed by atoms with E-state index in [0.717, 1.165) is 30.2 Å². The van der Waals surface area contributed by atoms with E-state index in [9.17, 15) is 0 Å². The highest BCUT2D eigenvalue weighted by Crippen LogP contribution is 2.51. The maximum absolute atomic E-state index is 4.85. The Morgan fingerprint density at radius 1 is 1.00 bits per heavy atom. The monoisotopic (exact) mass is 342 g/mol. The number of hydrogen-bond donors (Lipinski definition) is 1. The zero-order valence-electron chi connectivity index (χ0n) is 14.9. The Morgan fingerprint density at radius 2 is 1.77 bits per heavy atom. The van der Waals surface area contributed by atoms with Crippen molar-refractivity contribution >= 4 is 17.5 Å². The van der Waals surface area contributed by atoms with Gasteiger partial charge in [0.2, 0.25) is 5.95 Å². The second-order valence-corrected chi connectivity index (χ2v) is 7.12. The molecule has 1 aliphatic heterocycles. The van der Waals surface area contributed by atoms with Gasteiger partial charge in [-0.2, -0.15) is 4.98 Å². The van der Waals surface area contributed by atoms with E-state index in [4.69, 9.17) is 4.98 Å². The number of anilines is 3. The van der Waals surface area contributed by atoms with Crippen molar-refractivity contribution in [3.63, 3.8) is 0 Å². The summed E-state index contributed by atoms with van der Waals surface area (Å²) in [5.41, 5.74) is 5.09. The minimum atomic E-state index is 0.445. The van der Waals surface area contributed by atoms with Crippen molar-refractivity contribution in [1.29, 1.82) is 0 Å². The van der Waals surface area contributed by atoms with Crippen LogP contribution in [0.5, 0.6) is 0 Å². The van der Waals surface area contributed by atoms with Crippen LogP contribution in [0.4, 0.5) is 17.5 Å². The highest BCUT2D eigenvalue weighted by Gasteiger charge is 2.42. The molecule has 1 aromatic heterocycles. The maximum atomic E-state index is 4.85. The summed E-state index contributed by atoms with van der Waals surface area (Å²) in [6, 6.07) is 21.6. The molecule has 2 aromatic carbocycles. The maximum Gasteiger partial charge on any atom is 0.229 e. The molecule has 2 atom stereocenters. The first kappa shape index (κ1) is 15.4. The SMILES string of the molecule is CCc1cc(N2C[C@H]3C[C@H]2c2ccccc23)nc(Nc2ccccc2)n1. The van der Waals surface area contributed by atoms with Gasteiger partial charge in [0.15, 0.2) is 0 Å². The molecule has 2 bridgehead atoms. The molecule has 2 aliphatic rings. The van der Waals surface area contributed by atoms with Gasteiger partial charge in [0.05, 0.1) is 6.04 Å². The summed E-state index contributed by atoms with van der Waals surface area (Å²) in [4.78, 5) is 12.0. The average Bonchev–Trinajstić information content (AvgIpc) is 3.28. The number of hydrogen-bond acceptors (Lipinski definition) is 4. The molecule has 2 heterocycles. The summed E-state index contributed by atoms with van der Waals surface area (Å²) in [5, 5.41) is 3.36. The van der Waals surface area contributed by atoms with Crippen molar-refractivity contribution in [2.45, 2.75) is 31.7 Å². The number of nitrogens with one attached hydrogen (secondary N) is 1. The Hall–Kier alpha value is -2.88. The van der Waals surface area contributed by atoms with Crippen LogP contribution in [0.25, 0.3) is 0 Å². The van der Waals surface area contributed by atoms with Crippen molar-refractivity contribution in [2.24, 2.45) is 0 Å². The molecule has 1 N–H and O–H groups in total. The number of fused-ring (bicyclic) bond motifs is 5. The van der Waals surface area contributed by atoms with Crippen LogP contribution in [0, 0.1) is 0 Å². The van der Waals surface area contributed by atoms with E-state index < -0.39 is 0 Å². The normalized spacial score (nSPS) is 20.3. The van der Waals surface area contributed by atoms with E-state index in [1.807, 2.05) is 30.3 Å². The van der Waals surface area contributed by atoms with Gasteiger partial charge in [0, 0.05) is 29.9 Å². The van der Waals surface area contributed by atoms with Gasteiger partial charge >= 0.3 is 0 Å². The summed E-state index contributed by atoms with van der Waals surface area (Å²) in [5.74, 6) is 2.35. The van der Waals surface area contributed by atoms with Crippen LogP contribution < -0.4 is 10.2 Å². The Labute approximate surface area is 153 Å². The second-order valence-electron chi connectivity index (χ2n) is 7.12. The molecule has 26 heavy (non-hydrogen) atoms. The molecule has 0 unspecified atom stereocenters. The molecule has 4 nitrogen and oxygen atoms in total. The highest BCUT2D eigenvalue weighted by molar-refractivity contribution is 5.58. The zero-order valence-corrected chi connectivity index (χ0v) is 14.9. The number of para-hydroxylation sites is 1. The van der Waals surface area contributed by atoms with Gasteiger partial charge in [-0.3, -0.25) is 0 Å². The Kier molecular flexibility index (Phi) is 3.63. The van der Waals surface area contributed by atoms with E-state index >= 15 is 0 Å². The quantitative estimate of drug-likeness (QED) is 0.737. The highest BCUT2D eigenvalue weighted by atomic mass is 15.3. The van der Waals surface area contributed by atoms with Gasteiger partial charge in [-0.1, -0.05) is 49.4 Å². The summed E-state index contributed by atoms with van der Waals surface area (Å²) in [6.07, 6.45) is 2.10. The lowest BCUT2D eigenvalue weighted by Crippen LogP contribution is -2.28. The molecule has 130 valence electrons. The van der Waals surface area contributed by atoms with Crippen LogP contribution in [0.15, 0.2) is 60.7 Å². The van der Waals surface area contributed by atoms with Crippen LogP contribution in [0.3, 0.4) is 0 Å². The molecule has 0 amide bonds. The van der Waals surface area contributed by atoms with E-state index in [1.54, 1.807) is 0 Å². The summed E-state index contributed by atoms with van der Waals surface area (Å²) in [6.45, 7) is 3.19. The summed E-state index contributed by atoms with van der Waals surface area (Å²) in [7, 11) is 0. The largest absolute Gasteiger partial charge is 0.349 e. The van der Waals surface area contributed by atoms with E-state index in [0.29, 0.717) is 17.9 Å². The minimum Gasteiger partial charge on any atom is -0.349 e. The predicted octanol–water partition coefficient (Wildman–Crippen LogP) is 4.83. The van der Waals surface area contributed by atoms with Gasteiger partial charge < -0.3 is 10.2 Å². The fourth-order valence-electron chi connectivity index (χ4n) is 4.31. The molecule has 1 saturated heterocycles. The Bertz CT molecular complexity index is 938. The number of aromatic nitrogens is 2. The molecular weight excluding hydrogens is 320 g/mol. The summed E-state index contributed by atoms with van der Waals surface area (Å²) >= 11 is 0. The third-order valence-electron chi connectivity index (χ3n) is 5.55. The van der Waals surface area contributed by atoms with Gasteiger partial charge in [-0.05, 0) is 36.1 Å². The van der Waals surface area contributed by atoms with E-state index in [1.165, 1.54) is 17.5 Å². The number of aryl methyl sites for hydroxylation is 1. The third kappa shape index (κ3) is 2.53. The number of nitrogens with zero attached hydrogens (tertiary/aromatic N) is 3. The van der Waals surface area contributed by atoms with Crippen LogP contribution in [-0.4, -0.2) is 16.5 Å². The van der Waals surface area contributed by atoms with E-state index in [-0.39, 0.29) is 0 Å². The number of benzene rings is 2. The van der Waals surface area contributed by atoms with Crippen molar-refractivity contribution in [3.8, 4) is 0 Å². The molecule has 0 saturated carbocycles. The Balaban J connectivity index is 1.49. The van der Waals surface area contributed by atoms with Crippen LogP contribution in [0.2, 0.25) is 0 Å². The lowest BCUT2D eigenvalue weighted by atomic mass is 9.99. The van der Waals surface area contributed by atoms with Gasteiger partial charge in [0.1, 0.15) is 5.82 Å². The first-order chi connectivity index (χ1) is 12.8. The van der Waals surface area contributed by atoms with Gasteiger partial charge in [0.25, 0.3) is 0 Å². The standard InChI is InChI=1S/C22H22N4/c1-2-16-13-21(25-22(23-16)24-17-8-4-3-5-9-17)26-14-15-12-20(26)19-11-7-6-10-18(15)19/h3-11,13,15,20H,2,12,14H2,1H3,(H,23,24,25)/t15-,20+/m1/s1. The van der Waals surface area contributed by atoms with Crippen LogP contribution in [-0.2, 0) is 6.42 Å². The molecule has 5 rings (SSSR count). The second kappa shape index (κ2) is 6.13. The van der Waals surface area contributed by atoms with Crippen molar-refractivity contribution in [1.82, 2.24) is 9.97 Å². The fourth-order valence-corrected chi connectivity index (χ4v) is 4.31. The van der Waals surface area contributed by atoms with Crippen LogP contribution >= 0.6 is 0 Å². The fraction of sp³-hybridized carbons (Fsp3) is 0.273. The third-order valence-corrected chi connectivity index (χ3v) is 5.55. The molecule has 4 heteroatoms. The topological polar surface area (TPSA) is 41.1 Å². The molecule has 0 radical (unpaired) electrons. The van der Waals surface area contributed by atoms with Gasteiger partial charge in [-0.25, -0.2) is 4.98 Å². The zero-order chi connectivity index (χ0) is 17.5. The smallest absolute Gasteiger partial charge is 0.229 e. The van der Waals surface area contributed by atoms with Gasteiger partial charge in [-0.15, -0.1) is 0 Å². The first-order valence-electron chi connectivity index (χ1n) is 9.37. The summed E-state index contributed by atoms with van der Waals surface area (Å²) < 4.78 is 0. The Morgan fingerprint density at radius 3 is 2.58 bits per heavy atom. The molecular formula is C22H22N4. The van der Waals surface area contributed by atoms with Crippen molar-refractivity contribution < 1.29 is 0 Å². The average molecular weight is 342 g/mol. The molecule has 3 aromatic rings. The number of rotatable bonds is 4. The lowest BCUT2D eigenvalue weighted by Gasteiger charge is -2.30. The lowest BCUT2D eigenvalue weighted by molar-refractivity contribution is 0.727. The first-order valence-corrected chi connectivity index (χ1v) is 9.37.